The van der Waals surface area contributed by atoms with Crippen LogP contribution in [0.15, 0.2) is 30.0 Å². The molecule has 4 aliphatic carbocycles. The highest BCUT2D eigenvalue weighted by Crippen LogP contribution is 2.67. The third-order valence-corrected chi connectivity index (χ3v) is 11.9. The van der Waals surface area contributed by atoms with Gasteiger partial charge in [-0.2, -0.15) is 0 Å². The summed E-state index contributed by atoms with van der Waals surface area (Å²) >= 11 is 0. The van der Waals surface area contributed by atoms with E-state index in [9.17, 15) is 0 Å². The van der Waals surface area contributed by atoms with Crippen molar-refractivity contribution in [2.45, 2.75) is 131 Å². The summed E-state index contributed by atoms with van der Waals surface area (Å²) in [6, 6.07) is 4.23. The molecule has 3 fully saturated rings. The van der Waals surface area contributed by atoms with Gasteiger partial charge in [-0.25, -0.2) is 0 Å². The van der Waals surface area contributed by atoms with Crippen LogP contribution < -0.4 is 4.74 Å². The van der Waals surface area contributed by atoms with Crippen LogP contribution >= 0.6 is 0 Å². The van der Waals surface area contributed by atoms with Gasteiger partial charge in [0.25, 0.3) is 0 Å². The summed E-state index contributed by atoms with van der Waals surface area (Å²) < 4.78 is 6.56. The molecule has 1 aromatic rings. The zero-order chi connectivity index (χ0) is 26.2. The van der Waals surface area contributed by atoms with Crippen LogP contribution in [-0.4, -0.2) is 11.1 Å². The average molecular weight is 506 g/mol. The van der Waals surface area contributed by atoms with Gasteiger partial charge in [0.2, 0.25) is 0 Å². The Hall–Kier alpha value is -1.31. The quantitative estimate of drug-likeness (QED) is 0.312. The molecule has 0 aromatic carbocycles. The van der Waals surface area contributed by atoms with E-state index in [-0.39, 0.29) is 0 Å². The van der Waals surface area contributed by atoms with Gasteiger partial charge >= 0.3 is 0 Å². The lowest BCUT2D eigenvalue weighted by Gasteiger charge is -2.58. The topological polar surface area (TPSA) is 22.1 Å². The van der Waals surface area contributed by atoms with E-state index in [4.69, 9.17) is 4.74 Å². The summed E-state index contributed by atoms with van der Waals surface area (Å²) in [5.74, 6) is 6.46. The molecule has 0 aliphatic heterocycles. The van der Waals surface area contributed by atoms with Gasteiger partial charge in [-0.05, 0) is 104 Å². The van der Waals surface area contributed by atoms with Gasteiger partial charge in [0.15, 0.2) is 0 Å². The molecule has 5 rings (SSSR count). The molecule has 2 heteroatoms. The standard InChI is InChI=1S/C35H55NO/c1-7-9-27-23-29(18-21-36-27)37-28-16-19-34(5)26(22-28)12-13-30-32-15-14-31(25(4)11-8-10-24(2)3)35(32,6)20-17-33(30)34/h12,18,21,23-25,28,30-33H,7-11,13-17,19-20,22H2,1-6H3/t25-,28+,30+,31-,32+,33+,34+,35-/m1/s1. The fourth-order valence-electron chi connectivity index (χ4n) is 9.87. The number of fused-ring (bicyclic) bond motifs is 5. The highest BCUT2D eigenvalue weighted by Gasteiger charge is 2.59. The molecule has 4 aliphatic rings. The molecule has 0 radical (unpaired) electrons. The first-order chi connectivity index (χ1) is 17.7. The Morgan fingerprint density at radius 2 is 1.86 bits per heavy atom. The number of aromatic nitrogens is 1. The predicted molar refractivity (Wildman–Crippen MR) is 156 cm³/mol. The van der Waals surface area contributed by atoms with Gasteiger partial charge in [-0.3, -0.25) is 4.98 Å². The zero-order valence-corrected chi connectivity index (χ0v) is 24.9. The van der Waals surface area contributed by atoms with E-state index in [1.165, 1.54) is 64.2 Å². The Labute approximate surface area is 228 Å². The minimum absolute atomic E-state index is 0.323. The maximum atomic E-state index is 6.56. The Morgan fingerprint density at radius 1 is 1.03 bits per heavy atom. The van der Waals surface area contributed by atoms with Crippen LogP contribution in [-0.2, 0) is 6.42 Å². The van der Waals surface area contributed by atoms with Gasteiger partial charge < -0.3 is 4.74 Å². The molecule has 1 heterocycles. The van der Waals surface area contributed by atoms with Gasteiger partial charge in [0.05, 0.1) is 0 Å². The van der Waals surface area contributed by atoms with E-state index < -0.39 is 0 Å². The normalized spacial score (nSPS) is 37.9. The number of ether oxygens (including phenoxy) is 1. The molecule has 3 saturated carbocycles. The predicted octanol–water partition coefficient (Wildman–Crippen LogP) is 9.82. The fourth-order valence-corrected chi connectivity index (χ4v) is 9.87. The molecular formula is C35H55NO. The van der Waals surface area contributed by atoms with Crippen LogP contribution in [0.5, 0.6) is 5.75 Å². The van der Waals surface area contributed by atoms with Crippen molar-refractivity contribution < 1.29 is 4.74 Å². The summed E-state index contributed by atoms with van der Waals surface area (Å²) in [4.78, 5) is 4.52. The van der Waals surface area contributed by atoms with Crippen LogP contribution in [0.3, 0.4) is 0 Å². The molecule has 37 heavy (non-hydrogen) atoms. The van der Waals surface area contributed by atoms with E-state index >= 15 is 0 Å². The highest BCUT2D eigenvalue weighted by atomic mass is 16.5. The lowest BCUT2D eigenvalue weighted by atomic mass is 9.47. The minimum Gasteiger partial charge on any atom is -0.490 e. The minimum atomic E-state index is 0.323. The number of rotatable bonds is 9. The number of allylic oxidation sites excluding steroid dienone is 1. The number of aryl methyl sites for hydroxylation is 1. The second-order valence-corrected chi connectivity index (χ2v) is 14.5. The third kappa shape index (κ3) is 5.29. The monoisotopic (exact) mass is 505 g/mol. The zero-order valence-electron chi connectivity index (χ0n) is 24.9. The second-order valence-electron chi connectivity index (χ2n) is 14.5. The molecule has 0 spiro atoms. The van der Waals surface area contributed by atoms with Crippen molar-refractivity contribution in [1.29, 1.82) is 0 Å². The smallest absolute Gasteiger partial charge is 0.123 e. The maximum Gasteiger partial charge on any atom is 0.123 e. The van der Waals surface area contributed by atoms with Gasteiger partial charge in [-0.1, -0.05) is 78.9 Å². The van der Waals surface area contributed by atoms with Crippen molar-refractivity contribution in [3.8, 4) is 5.75 Å². The molecule has 206 valence electrons. The van der Waals surface area contributed by atoms with Crippen LogP contribution in [0.25, 0.3) is 0 Å². The van der Waals surface area contributed by atoms with Crippen LogP contribution in [0, 0.1) is 46.3 Å². The van der Waals surface area contributed by atoms with Crippen LogP contribution in [0.1, 0.15) is 124 Å². The van der Waals surface area contributed by atoms with Crippen molar-refractivity contribution in [1.82, 2.24) is 4.98 Å². The molecule has 8 atom stereocenters. The van der Waals surface area contributed by atoms with Gasteiger partial charge in [0.1, 0.15) is 11.9 Å². The lowest BCUT2D eigenvalue weighted by molar-refractivity contribution is -0.0559. The van der Waals surface area contributed by atoms with Crippen molar-refractivity contribution in [2.24, 2.45) is 46.3 Å². The van der Waals surface area contributed by atoms with E-state index in [0.29, 0.717) is 16.9 Å². The Balaban J connectivity index is 1.25. The van der Waals surface area contributed by atoms with E-state index in [2.05, 4.69) is 64.7 Å². The average Bonchev–Trinajstić information content (AvgIpc) is 3.22. The molecule has 2 nitrogen and oxygen atoms in total. The van der Waals surface area contributed by atoms with E-state index in [0.717, 1.165) is 66.2 Å². The first kappa shape index (κ1) is 27.3. The number of hydrogen-bond donors (Lipinski definition) is 0. The lowest BCUT2D eigenvalue weighted by Crippen LogP contribution is -2.51. The number of pyridine rings is 1. The Morgan fingerprint density at radius 3 is 2.65 bits per heavy atom. The molecule has 0 saturated heterocycles. The van der Waals surface area contributed by atoms with E-state index in [1.54, 1.807) is 5.57 Å². The molecule has 1 aromatic heterocycles. The largest absolute Gasteiger partial charge is 0.490 e. The summed E-state index contributed by atoms with van der Waals surface area (Å²) in [6.45, 7) is 14.9. The first-order valence-corrected chi connectivity index (χ1v) is 16.1. The summed E-state index contributed by atoms with van der Waals surface area (Å²) in [5.41, 5.74) is 3.87. The second kappa shape index (κ2) is 11.1. The summed E-state index contributed by atoms with van der Waals surface area (Å²) in [5, 5.41) is 0. The summed E-state index contributed by atoms with van der Waals surface area (Å²) in [7, 11) is 0. The molecule has 0 N–H and O–H groups in total. The van der Waals surface area contributed by atoms with Crippen molar-refractivity contribution in [3.63, 3.8) is 0 Å². The summed E-state index contributed by atoms with van der Waals surface area (Å²) in [6.07, 6.45) is 22.2. The van der Waals surface area contributed by atoms with E-state index in [1.807, 2.05) is 6.20 Å². The maximum absolute atomic E-state index is 6.56. The van der Waals surface area contributed by atoms with Crippen molar-refractivity contribution >= 4 is 0 Å². The molecule has 0 amide bonds. The highest BCUT2D eigenvalue weighted by molar-refractivity contribution is 5.27. The molecular weight excluding hydrogens is 450 g/mol. The number of nitrogens with zero attached hydrogens (tertiary/aromatic N) is 1. The molecule has 0 bridgehead atoms. The third-order valence-electron chi connectivity index (χ3n) is 11.9. The molecule has 0 unspecified atom stereocenters. The Kier molecular flexibility index (Phi) is 8.14. The van der Waals surface area contributed by atoms with Crippen LogP contribution in [0.4, 0.5) is 0 Å². The van der Waals surface area contributed by atoms with Crippen molar-refractivity contribution in [2.75, 3.05) is 0 Å². The SMILES string of the molecule is CCCc1cc(O[C@H]2CC[C@@]3(C)C(=CC[C@H]4[C@@H]5CC[C@H]([C@H](C)CCCC(C)C)[C@@]5(C)CC[C@@H]43)C2)ccn1. The number of hydrogen-bond acceptors (Lipinski definition) is 2. The first-order valence-electron chi connectivity index (χ1n) is 16.1. The van der Waals surface area contributed by atoms with Gasteiger partial charge in [0, 0.05) is 24.4 Å². The Bertz CT molecular complexity index is 950. The van der Waals surface area contributed by atoms with Gasteiger partial charge in [-0.15, -0.1) is 0 Å². The fraction of sp³-hybridized carbons (Fsp3) is 0.800. The van der Waals surface area contributed by atoms with Crippen molar-refractivity contribution in [3.05, 3.63) is 35.7 Å². The van der Waals surface area contributed by atoms with Crippen LogP contribution in [0.2, 0.25) is 0 Å².